The highest BCUT2D eigenvalue weighted by Gasteiger charge is 2.32. The maximum Gasteiger partial charge on any atom is 0.261 e. The zero-order valence-electron chi connectivity index (χ0n) is 19.8. The fourth-order valence-corrected chi connectivity index (χ4v) is 4.58. The number of benzene rings is 3. The maximum atomic E-state index is 13.6. The van der Waals surface area contributed by atoms with Crippen LogP contribution in [0.15, 0.2) is 66.7 Å². The predicted octanol–water partition coefficient (Wildman–Crippen LogP) is 6.84. The first-order valence-electron chi connectivity index (χ1n) is 11.3. The minimum Gasteiger partial charge on any atom is -0.482 e. The molecule has 2 amide bonds. The lowest BCUT2D eigenvalue weighted by Crippen LogP contribution is -2.52. The quantitative estimate of drug-likeness (QED) is 0.291. The van der Waals surface area contributed by atoms with Gasteiger partial charge in [0.15, 0.2) is 6.61 Å². The first-order chi connectivity index (χ1) is 17.2. The molecule has 0 saturated carbocycles. The smallest absolute Gasteiger partial charge is 0.261 e. The Morgan fingerprint density at radius 1 is 0.889 bits per heavy atom. The van der Waals surface area contributed by atoms with E-state index in [4.69, 9.17) is 51.1 Å². The van der Waals surface area contributed by atoms with Crippen LogP contribution in [0.5, 0.6) is 5.75 Å². The number of hydrogen-bond acceptors (Lipinski definition) is 3. The van der Waals surface area contributed by atoms with E-state index < -0.39 is 11.9 Å². The Hall–Kier alpha value is -2.44. The van der Waals surface area contributed by atoms with Crippen molar-refractivity contribution in [3.8, 4) is 5.75 Å². The Balaban J connectivity index is 1.97. The molecule has 0 aliphatic heterocycles. The summed E-state index contributed by atoms with van der Waals surface area (Å²) in [5, 5.41) is 4.43. The molecule has 9 heteroatoms. The molecular weight excluding hydrogens is 542 g/mol. The standard InChI is InChI=1S/C27H26Cl4N2O3/c1-17(2)32-27(35)24(13-18-7-4-3-5-8-18)33(15-20-21(29)9-6-10-22(20)30)26(34)16-36-25-12-11-19(28)14-23(25)31/h3-12,14,17,24H,13,15-16H2,1-2H3,(H,32,35). The van der Waals surface area contributed by atoms with Crippen LogP contribution in [-0.2, 0) is 22.6 Å². The fraction of sp³-hybridized carbons (Fsp3) is 0.259. The molecule has 0 heterocycles. The number of halogens is 4. The first kappa shape index (κ1) is 28.1. The van der Waals surface area contributed by atoms with E-state index in [-0.39, 0.29) is 36.5 Å². The first-order valence-corrected chi connectivity index (χ1v) is 12.8. The van der Waals surface area contributed by atoms with Crippen LogP contribution < -0.4 is 10.1 Å². The lowest BCUT2D eigenvalue weighted by molar-refractivity contribution is -0.143. The Morgan fingerprint density at radius 3 is 2.17 bits per heavy atom. The van der Waals surface area contributed by atoms with Crippen molar-refractivity contribution in [3.63, 3.8) is 0 Å². The molecule has 0 saturated heterocycles. The van der Waals surface area contributed by atoms with Gasteiger partial charge < -0.3 is 15.0 Å². The summed E-state index contributed by atoms with van der Waals surface area (Å²) in [6.07, 6.45) is 0.287. The molecular formula is C27H26Cl4N2O3. The largest absolute Gasteiger partial charge is 0.482 e. The third-order valence-corrected chi connectivity index (χ3v) is 6.58. The van der Waals surface area contributed by atoms with Crippen LogP contribution in [-0.4, -0.2) is 35.4 Å². The Labute approximate surface area is 231 Å². The van der Waals surface area contributed by atoms with Crippen molar-refractivity contribution < 1.29 is 14.3 Å². The van der Waals surface area contributed by atoms with E-state index in [1.807, 2.05) is 44.2 Å². The van der Waals surface area contributed by atoms with Gasteiger partial charge in [0.05, 0.1) is 5.02 Å². The monoisotopic (exact) mass is 566 g/mol. The van der Waals surface area contributed by atoms with Crippen LogP contribution in [0.25, 0.3) is 0 Å². The molecule has 1 unspecified atom stereocenters. The Morgan fingerprint density at radius 2 is 1.56 bits per heavy atom. The molecule has 1 atom stereocenters. The average molecular weight is 568 g/mol. The highest BCUT2D eigenvalue weighted by Crippen LogP contribution is 2.29. The molecule has 0 aromatic heterocycles. The highest BCUT2D eigenvalue weighted by atomic mass is 35.5. The van der Waals surface area contributed by atoms with Crippen molar-refractivity contribution in [1.29, 1.82) is 0 Å². The van der Waals surface area contributed by atoms with Crippen LogP contribution in [0.4, 0.5) is 0 Å². The van der Waals surface area contributed by atoms with E-state index in [9.17, 15) is 9.59 Å². The molecule has 36 heavy (non-hydrogen) atoms. The number of carbonyl (C=O) groups excluding carboxylic acids is 2. The molecule has 0 aliphatic rings. The Kier molecular flexibility index (Phi) is 10.3. The van der Waals surface area contributed by atoms with Crippen LogP contribution in [0.3, 0.4) is 0 Å². The molecule has 0 aliphatic carbocycles. The summed E-state index contributed by atoms with van der Waals surface area (Å²) < 4.78 is 5.71. The minimum absolute atomic E-state index is 0.0120. The summed E-state index contributed by atoms with van der Waals surface area (Å²) in [4.78, 5) is 28.4. The van der Waals surface area contributed by atoms with Gasteiger partial charge in [-0.2, -0.15) is 0 Å². The molecule has 1 N–H and O–H groups in total. The zero-order valence-corrected chi connectivity index (χ0v) is 22.8. The summed E-state index contributed by atoms with van der Waals surface area (Å²) in [6, 6.07) is 18.3. The summed E-state index contributed by atoms with van der Waals surface area (Å²) in [5.74, 6) is -0.428. The number of nitrogens with zero attached hydrogens (tertiary/aromatic N) is 1. The second-order valence-corrected chi connectivity index (χ2v) is 10.1. The molecule has 3 rings (SSSR count). The molecule has 5 nitrogen and oxygen atoms in total. The fourth-order valence-electron chi connectivity index (χ4n) is 3.60. The van der Waals surface area contributed by atoms with E-state index in [0.29, 0.717) is 26.4 Å². The third-order valence-electron chi connectivity index (χ3n) is 5.34. The van der Waals surface area contributed by atoms with Gasteiger partial charge >= 0.3 is 0 Å². The molecule has 0 radical (unpaired) electrons. The summed E-state index contributed by atoms with van der Waals surface area (Å²) >= 11 is 25.0. The summed E-state index contributed by atoms with van der Waals surface area (Å²) in [7, 11) is 0. The molecule has 0 fully saturated rings. The van der Waals surface area contributed by atoms with Crippen molar-refractivity contribution >= 4 is 58.2 Å². The molecule has 190 valence electrons. The van der Waals surface area contributed by atoms with E-state index in [1.54, 1.807) is 30.3 Å². The molecule has 0 spiro atoms. The number of hydrogen-bond donors (Lipinski definition) is 1. The van der Waals surface area contributed by atoms with E-state index in [0.717, 1.165) is 5.56 Å². The molecule has 0 bridgehead atoms. The molecule has 3 aromatic carbocycles. The van der Waals surface area contributed by atoms with Gasteiger partial charge in [-0.15, -0.1) is 0 Å². The van der Waals surface area contributed by atoms with Crippen LogP contribution in [0.1, 0.15) is 25.0 Å². The summed E-state index contributed by atoms with van der Waals surface area (Å²) in [5.41, 5.74) is 1.43. The number of carbonyl (C=O) groups is 2. The van der Waals surface area contributed by atoms with E-state index >= 15 is 0 Å². The van der Waals surface area contributed by atoms with Crippen LogP contribution >= 0.6 is 46.4 Å². The number of ether oxygens (including phenoxy) is 1. The minimum atomic E-state index is -0.848. The predicted molar refractivity (Wildman–Crippen MR) is 146 cm³/mol. The van der Waals surface area contributed by atoms with Crippen molar-refractivity contribution in [2.75, 3.05) is 6.61 Å². The summed E-state index contributed by atoms with van der Waals surface area (Å²) in [6.45, 7) is 3.38. The lowest BCUT2D eigenvalue weighted by atomic mass is 10.0. The van der Waals surface area contributed by atoms with Crippen molar-refractivity contribution in [2.45, 2.75) is 38.9 Å². The van der Waals surface area contributed by atoms with Crippen LogP contribution in [0, 0.1) is 0 Å². The normalized spacial score (nSPS) is 11.8. The van der Waals surface area contributed by atoms with E-state index in [1.165, 1.54) is 11.0 Å². The average Bonchev–Trinajstić information content (AvgIpc) is 2.82. The lowest BCUT2D eigenvalue weighted by Gasteiger charge is -2.32. The van der Waals surface area contributed by atoms with Gasteiger partial charge in [0.25, 0.3) is 5.91 Å². The SMILES string of the molecule is CC(C)NC(=O)C(Cc1ccccc1)N(Cc1c(Cl)cccc1Cl)C(=O)COc1ccc(Cl)cc1Cl. The second kappa shape index (κ2) is 13.2. The van der Waals surface area contributed by atoms with E-state index in [2.05, 4.69) is 5.32 Å². The van der Waals surface area contributed by atoms with Gasteiger partial charge in [-0.25, -0.2) is 0 Å². The van der Waals surface area contributed by atoms with Gasteiger partial charge in [-0.3, -0.25) is 9.59 Å². The third kappa shape index (κ3) is 7.78. The van der Waals surface area contributed by atoms with Gasteiger partial charge in [-0.1, -0.05) is 82.8 Å². The Bertz CT molecular complexity index is 1180. The maximum absolute atomic E-state index is 13.6. The molecule has 3 aromatic rings. The zero-order chi connectivity index (χ0) is 26.2. The van der Waals surface area contributed by atoms with Gasteiger partial charge in [-0.05, 0) is 49.7 Å². The number of rotatable bonds is 10. The van der Waals surface area contributed by atoms with Crippen molar-refractivity contribution in [3.05, 3.63) is 97.9 Å². The van der Waals surface area contributed by atoms with Crippen molar-refractivity contribution in [1.82, 2.24) is 10.2 Å². The van der Waals surface area contributed by atoms with Crippen molar-refractivity contribution in [2.24, 2.45) is 0 Å². The number of nitrogens with one attached hydrogen (secondary N) is 1. The number of amides is 2. The van der Waals surface area contributed by atoms with Gasteiger partial charge in [0.1, 0.15) is 11.8 Å². The second-order valence-electron chi connectivity index (χ2n) is 8.45. The van der Waals surface area contributed by atoms with Gasteiger partial charge in [0, 0.05) is 39.6 Å². The topological polar surface area (TPSA) is 58.6 Å². The highest BCUT2D eigenvalue weighted by molar-refractivity contribution is 6.36. The van der Waals surface area contributed by atoms with Gasteiger partial charge in [0.2, 0.25) is 5.91 Å². The van der Waals surface area contributed by atoms with Crippen LogP contribution in [0.2, 0.25) is 20.1 Å².